The van der Waals surface area contributed by atoms with Gasteiger partial charge >= 0.3 is 0 Å². The molecule has 1 aliphatic rings. The lowest BCUT2D eigenvalue weighted by Gasteiger charge is -2.26. The standard InChI is InChI=1S/C18H30N2O/c1-5-19-12-15-10-17(13(2)3)20-18(11-15)21-16-8-6-14(4)7-9-16/h10-11,13-14,16,19H,5-9,12H2,1-4H3. The predicted molar refractivity (Wildman–Crippen MR) is 87.8 cm³/mol. The molecule has 1 aliphatic carbocycles. The molecule has 0 unspecified atom stereocenters. The molecule has 1 N–H and O–H groups in total. The zero-order valence-corrected chi connectivity index (χ0v) is 14.0. The largest absolute Gasteiger partial charge is 0.474 e. The Hall–Kier alpha value is -1.09. The number of aromatic nitrogens is 1. The Kier molecular flexibility index (Phi) is 6.04. The number of hydrogen-bond acceptors (Lipinski definition) is 3. The molecule has 3 heteroatoms. The van der Waals surface area contributed by atoms with Crippen LogP contribution in [-0.2, 0) is 6.54 Å². The summed E-state index contributed by atoms with van der Waals surface area (Å²) >= 11 is 0. The van der Waals surface area contributed by atoms with Gasteiger partial charge in [0.2, 0.25) is 5.88 Å². The summed E-state index contributed by atoms with van der Waals surface area (Å²) in [6, 6.07) is 4.30. The third-order valence-corrected chi connectivity index (χ3v) is 4.30. The van der Waals surface area contributed by atoms with Crippen molar-refractivity contribution in [1.82, 2.24) is 10.3 Å². The van der Waals surface area contributed by atoms with Crippen molar-refractivity contribution in [2.45, 2.75) is 71.9 Å². The van der Waals surface area contributed by atoms with Crippen molar-refractivity contribution in [1.29, 1.82) is 0 Å². The summed E-state index contributed by atoms with van der Waals surface area (Å²) in [5.74, 6) is 2.10. The third kappa shape index (κ3) is 4.99. The smallest absolute Gasteiger partial charge is 0.214 e. The van der Waals surface area contributed by atoms with E-state index >= 15 is 0 Å². The lowest BCUT2D eigenvalue weighted by molar-refractivity contribution is 0.129. The van der Waals surface area contributed by atoms with Gasteiger partial charge in [0.05, 0.1) is 0 Å². The molecule has 0 saturated heterocycles. The van der Waals surface area contributed by atoms with E-state index in [0.29, 0.717) is 12.0 Å². The molecule has 3 nitrogen and oxygen atoms in total. The van der Waals surface area contributed by atoms with Crippen LogP contribution in [-0.4, -0.2) is 17.6 Å². The molecule has 1 aromatic heterocycles. The van der Waals surface area contributed by atoms with Gasteiger partial charge in [0.1, 0.15) is 6.10 Å². The van der Waals surface area contributed by atoms with E-state index in [4.69, 9.17) is 9.72 Å². The third-order valence-electron chi connectivity index (χ3n) is 4.30. The average Bonchev–Trinajstić information content (AvgIpc) is 2.47. The Morgan fingerprint density at radius 2 is 1.95 bits per heavy atom. The van der Waals surface area contributed by atoms with Crippen molar-refractivity contribution in [3.05, 3.63) is 23.4 Å². The molecular formula is C18H30N2O. The second kappa shape index (κ2) is 7.79. The van der Waals surface area contributed by atoms with Gasteiger partial charge in [-0.15, -0.1) is 0 Å². The van der Waals surface area contributed by atoms with Crippen molar-refractivity contribution in [2.24, 2.45) is 5.92 Å². The first-order valence-electron chi connectivity index (χ1n) is 8.46. The molecule has 2 rings (SSSR count). The zero-order chi connectivity index (χ0) is 15.2. The van der Waals surface area contributed by atoms with Crippen LogP contribution in [0.2, 0.25) is 0 Å². The average molecular weight is 290 g/mol. The van der Waals surface area contributed by atoms with Crippen LogP contribution in [0.3, 0.4) is 0 Å². The maximum Gasteiger partial charge on any atom is 0.214 e. The summed E-state index contributed by atoms with van der Waals surface area (Å²) < 4.78 is 6.18. The number of rotatable bonds is 6. The van der Waals surface area contributed by atoms with Gasteiger partial charge in [-0.05, 0) is 55.7 Å². The van der Waals surface area contributed by atoms with E-state index in [1.54, 1.807) is 0 Å². The second-order valence-corrected chi connectivity index (χ2v) is 6.67. The highest BCUT2D eigenvalue weighted by Crippen LogP contribution is 2.27. The van der Waals surface area contributed by atoms with E-state index in [-0.39, 0.29) is 0 Å². The number of nitrogens with zero attached hydrogens (tertiary/aromatic N) is 1. The molecule has 0 atom stereocenters. The van der Waals surface area contributed by atoms with E-state index in [1.807, 2.05) is 0 Å². The molecule has 21 heavy (non-hydrogen) atoms. The lowest BCUT2D eigenvalue weighted by Crippen LogP contribution is -2.23. The van der Waals surface area contributed by atoms with Gasteiger partial charge in [-0.2, -0.15) is 0 Å². The van der Waals surface area contributed by atoms with Crippen molar-refractivity contribution in [2.75, 3.05) is 6.54 Å². The van der Waals surface area contributed by atoms with Crippen LogP contribution >= 0.6 is 0 Å². The molecular weight excluding hydrogens is 260 g/mol. The van der Waals surface area contributed by atoms with Crippen molar-refractivity contribution in [3.63, 3.8) is 0 Å². The fraction of sp³-hybridized carbons (Fsp3) is 0.722. The second-order valence-electron chi connectivity index (χ2n) is 6.67. The zero-order valence-electron chi connectivity index (χ0n) is 14.0. The molecule has 1 heterocycles. The van der Waals surface area contributed by atoms with Crippen molar-refractivity contribution >= 4 is 0 Å². The fourth-order valence-electron chi connectivity index (χ4n) is 2.83. The molecule has 1 aromatic rings. The van der Waals surface area contributed by atoms with Crippen molar-refractivity contribution in [3.8, 4) is 5.88 Å². The van der Waals surface area contributed by atoms with Gasteiger partial charge in [0, 0.05) is 18.3 Å². The molecule has 1 fully saturated rings. The summed E-state index contributed by atoms with van der Waals surface area (Å²) in [6.07, 6.45) is 5.23. The quantitative estimate of drug-likeness (QED) is 0.849. The SMILES string of the molecule is CCNCc1cc(OC2CCC(C)CC2)nc(C(C)C)c1. The van der Waals surface area contributed by atoms with Crippen LogP contribution in [0, 0.1) is 5.92 Å². The highest BCUT2D eigenvalue weighted by atomic mass is 16.5. The number of hydrogen-bond donors (Lipinski definition) is 1. The highest BCUT2D eigenvalue weighted by molar-refractivity contribution is 5.27. The number of nitrogens with one attached hydrogen (secondary N) is 1. The summed E-state index contributed by atoms with van der Waals surface area (Å²) in [5, 5.41) is 3.38. The van der Waals surface area contributed by atoms with E-state index in [0.717, 1.165) is 43.4 Å². The van der Waals surface area contributed by atoms with Gasteiger partial charge in [0.25, 0.3) is 0 Å². The molecule has 118 valence electrons. The van der Waals surface area contributed by atoms with Crippen LogP contribution in [0.1, 0.15) is 70.6 Å². The van der Waals surface area contributed by atoms with Gasteiger partial charge in [-0.3, -0.25) is 0 Å². The first kappa shape index (κ1) is 16.3. The van der Waals surface area contributed by atoms with Crippen LogP contribution in [0.5, 0.6) is 5.88 Å². The minimum Gasteiger partial charge on any atom is -0.474 e. The van der Waals surface area contributed by atoms with Crippen molar-refractivity contribution < 1.29 is 4.74 Å². The Bertz CT molecular complexity index is 437. The van der Waals surface area contributed by atoms with Gasteiger partial charge < -0.3 is 10.1 Å². The van der Waals surface area contributed by atoms with Crippen LogP contribution in [0.25, 0.3) is 0 Å². The monoisotopic (exact) mass is 290 g/mol. The summed E-state index contributed by atoms with van der Waals surface area (Å²) in [6.45, 7) is 10.7. The molecule has 0 spiro atoms. The normalized spacial score (nSPS) is 22.5. The fourth-order valence-corrected chi connectivity index (χ4v) is 2.83. The molecule has 0 bridgehead atoms. The first-order chi connectivity index (χ1) is 10.1. The first-order valence-corrected chi connectivity index (χ1v) is 8.46. The minimum atomic E-state index is 0.350. The topological polar surface area (TPSA) is 34.1 Å². The van der Waals surface area contributed by atoms with Gasteiger partial charge in [0.15, 0.2) is 0 Å². The molecule has 0 aliphatic heterocycles. The maximum atomic E-state index is 6.18. The van der Waals surface area contributed by atoms with E-state index in [2.05, 4.69) is 45.1 Å². The van der Waals surface area contributed by atoms with E-state index < -0.39 is 0 Å². The lowest BCUT2D eigenvalue weighted by atomic mass is 9.89. The number of ether oxygens (including phenoxy) is 1. The predicted octanol–water partition coefficient (Wildman–Crippen LogP) is 4.27. The summed E-state index contributed by atoms with van der Waals surface area (Å²) in [5.41, 5.74) is 2.40. The van der Waals surface area contributed by atoms with Crippen LogP contribution in [0.4, 0.5) is 0 Å². The summed E-state index contributed by atoms with van der Waals surface area (Å²) in [7, 11) is 0. The van der Waals surface area contributed by atoms with Gasteiger partial charge in [-0.25, -0.2) is 4.98 Å². The molecule has 0 aromatic carbocycles. The molecule has 0 amide bonds. The Labute approximate surface area is 129 Å². The molecule has 1 saturated carbocycles. The Balaban J connectivity index is 2.07. The van der Waals surface area contributed by atoms with Gasteiger partial charge in [-0.1, -0.05) is 27.7 Å². The Morgan fingerprint density at radius 3 is 2.57 bits per heavy atom. The minimum absolute atomic E-state index is 0.350. The van der Waals surface area contributed by atoms with E-state index in [9.17, 15) is 0 Å². The Morgan fingerprint density at radius 1 is 1.24 bits per heavy atom. The van der Waals surface area contributed by atoms with Crippen LogP contribution in [0.15, 0.2) is 12.1 Å². The van der Waals surface area contributed by atoms with Crippen LogP contribution < -0.4 is 10.1 Å². The summed E-state index contributed by atoms with van der Waals surface area (Å²) in [4.78, 5) is 4.70. The highest BCUT2D eigenvalue weighted by Gasteiger charge is 2.20. The maximum absolute atomic E-state index is 6.18. The van der Waals surface area contributed by atoms with E-state index in [1.165, 1.54) is 18.4 Å². The number of pyridine rings is 1. The molecule has 0 radical (unpaired) electrons.